The molecule has 5 rings (SSSR count). The van der Waals surface area contributed by atoms with Crippen molar-refractivity contribution in [3.8, 4) is 17.0 Å². The summed E-state index contributed by atoms with van der Waals surface area (Å²) in [7, 11) is 1.55. The van der Waals surface area contributed by atoms with Crippen LogP contribution < -0.4 is 10.1 Å². The van der Waals surface area contributed by atoms with Gasteiger partial charge in [-0.2, -0.15) is 9.97 Å². The molecule has 0 unspecified atom stereocenters. The van der Waals surface area contributed by atoms with Crippen LogP contribution >= 0.6 is 0 Å². The number of fused-ring (bicyclic) bond motifs is 2. The molecule has 4 aromatic rings. The first-order valence-corrected chi connectivity index (χ1v) is 10.9. The number of benzene rings is 1. The normalized spacial score (nSPS) is 21.2. The van der Waals surface area contributed by atoms with Gasteiger partial charge in [-0.05, 0) is 50.3 Å². The minimum absolute atomic E-state index is 0.173. The lowest BCUT2D eigenvalue weighted by atomic mass is 9.84. The van der Waals surface area contributed by atoms with Crippen molar-refractivity contribution in [3.05, 3.63) is 24.4 Å². The van der Waals surface area contributed by atoms with Crippen LogP contribution in [0.2, 0.25) is 0 Å². The summed E-state index contributed by atoms with van der Waals surface area (Å²) in [5, 5.41) is 22.0. The third-order valence-electron chi connectivity index (χ3n) is 6.22. The Bertz CT molecular complexity index is 1290. The summed E-state index contributed by atoms with van der Waals surface area (Å²) in [4.78, 5) is 12.4. The summed E-state index contributed by atoms with van der Waals surface area (Å²) >= 11 is 0. The maximum absolute atomic E-state index is 12.9. The molecule has 3 aromatic heterocycles. The summed E-state index contributed by atoms with van der Waals surface area (Å²) in [6, 6.07) is 5.55. The molecule has 174 valence electrons. The van der Waals surface area contributed by atoms with Crippen LogP contribution in [0.25, 0.3) is 33.2 Å². The number of alkyl halides is 2. The zero-order chi connectivity index (χ0) is 23.2. The lowest BCUT2D eigenvalue weighted by Gasteiger charge is -2.33. The molecule has 1 aliphatic carbocycles. The second-order valence-electron chi connectivity index (χ2n) is 8.76. The van der Waals surface area contributed by atoms with E-state index >= 15 is 0 Å². The summed E-state index contributed by atoms with van der Waals surface area (Å²) in [6.07, 6.45) is 2.36. The molecule has 3 N–H and O–H groups in total. The standard InChI is InChI=1S/C22H25F2N7O2/c1-22(32)7-5-13(6-8-22)26-21-27-19-18(20(28-21)33-2)14(10-25-19)12-3-4-15-16(9-12)31(30-29-15)11-17(23)24/h3-4,9-10,13,17,32H,5-8,11H2,1-2H3,(H2,25,26,27,28)/t13-,22+. The van der Waals surface area contributed by atoms with Crippen molar-refractivity contribution < 1.29 is 18.6 Å². The van der Waals surface area contributed by atoms with Crippen LogP contribution in [-0.4, -0.2) is 60.2 Å². The van der Waals surface area contributed by atoms with Gasteiger partial charge >= 0.3 is 0 Å². The molecule has 0 spiro atoms. The van der Waals surface area contributed by atoms with E-state index < -0.39 is 18.6 Å². The van der Waals surface area contributed by atoms with E-state index in [4.69, 9.17) is 4.74 Å². The number of aromatic nitrogens is 6. The molecule has 0 bridgehead atoms. The van der Waals surface area contributed by atoms with Gasteiger partial charge in [-0.25, -0.2) is 13.5 Å². The van der Waals surface area contributed by atoms with Gasteiger partial charge in [0, 0.05) is 17.8 Å². The molecular weight excluding hydrogens is 432 g/mol. The van der Waals surface area contributed by atoms with Gasteiger partial charge in [-0.15, -0.1) is 5.10 Å². The first-order chi connectivity index (χ1) is 15.8. The average molecular weight is 457 g/mol. The second-order valence-corrected chi connectivity index (χ2v) is 8.76. The van der Waals surface area contributed by atoms with E-state index in [-0.39, 0.29) is 6.04 Å². The van der Waals surface area contributed by atoms with Gasteiger partial charge in [0.1, 0.15) is 17.7 Å². The number of nitrogens with zero attached hydrogens (tertiary/aromatic N) is 5. The molecule has 0 atom stereocenters. The maximum atomic E-state index is 12.9. The molecular formula is C22H25F2N7O2. The predicted octanol–water partition coefficient (Wildman–Crippen LogP) is 3.75. The molecule has 0 aliphatic heterocycles. The highest BCUT2D eigenvalue weighted by Gasteiger charge is 2.29. The molecule has 1 fully saturated rings. The fourth-order valence-corrected chi connectivity index (χ4v) is 4.40. The summed E-state index contributed by atoms with van der Waals surface area (Å²) in [5.41, 5.74) is 2.61. The van der Waals surface area contributed by atoms with Crippen molar-refractivity contribution in [3.63, 3.8) is 0 Å². The van der Waals surface area contributed by atoms with Crippen molar-refractivity contribution in [2.24, 2.45) is 0 Å². The quantitative estimate of drug-likeness (QED) is 0.404. The minimum Gasteiger partial charge on any atom is -0.480 e. The van der Waals surface area contributed by atoms with Crippen molar-refractivity contribution in [2.75, 3.05) is 12.4 Å². The van der Waals surface area contributed by atoms with E-state index in [1.165, 1.54) is 4.68 Å². The Morgan fingerprint density at radius 2 is 2.09 bits per heavy atom. The van der Waals surface area contributed by atoms with Gasteiger partial charge in [-0.3, -0.25) is 0 Å². The van der Waals surface area contributed by atoms with E-state index in [1.807, 2.05) is 13.0 Å². The highest BCUT2D eigenvalue weighted by Crippen LogP contribution is 2.36. The number of nitrogens with one attached hydrogen (secondary N) is 2. The molecule has 0 saturated heterocycles. The Labute approximate surface area is 188 Å². The zero-order valence-corrected chi connectivity index (χ0v) is 18.3. The van der Waals surface area contributed by atoms with Gasteiger partial charge in [0.25, 0.3) is 6.43 Å². The van der Waals surface area contributed by atoms with Gasteiger partial charge in [0.15, 0.2) is 0 Å². The third-order valence-corrected chi connectivity index (χ3v) is 6.22. The Morgan fingerprint density at radius 3 is 2.82 bits per heavy atom. The number of hydrogen-bond acceptors (Lipinski definition) is 7. The van der Waals surface area contributed by atoms with Crippen LogP contribution in [0.3, 0.4) is 0 Å². The zero-order valence-electron chi connectivity index (χ0n) is 18.3. The number of methoxy groups -OCH3 is 1. The van der Waals surface area contributed by atoms with Crippen molar-refractivity contribution in [1.29, 1.82) is 0 Å². The number of H-pyrrole nitrogens is 1. The minimum atomic E-state index is -2.53. The van der Waals surface area contributed by atoms with Gasteiger partial charge in [0.05, 0.1) is 23.6 Å². The number of halogens is 2. The summed E-state index contributed by atoms with van der Waals surface area (Å²) in [6.45, 7) is 1.34. The highest BCUT2D eigenvalue weighted by atomic mass is 19.3. The number of aliphatic hydroxyl groups is 1. The fraction of sp³-hybridized carbons (Fsp3) is 0.455. The topological polar surface area (TPSA) is 114 Å². The van der Waals surface area contributed by atoms with Crippen LogP contribution in [0.5, 0.6) is 5.88 Å². The third kappa shape index (κ3) is 4.20. The molecule has 9 nitrogen and oxygen atoms in total. The van der Waals surface area contributed by atoms with E-state index in [9.17, 15) is 13.9 Å². The molecule has 1 aliphatic rings. The van der Waals surface area contributed by atoms with E-state index in [2.05, 4.69) is 30.6 Å². The number of anilines is 1. The van der Waals surface area contributed by atoms with Crippen LogP contribution in [0.15, 0.2) is 24.4 Å². The SMILES string of the molecule is COc1nc(N[C@H]2CC[C@@](C)(O)CC2)nc2[nH]cc(-c3ccc4nnn(CC(F)F)c4c3)c12. The van der Waals surface area contributed by atoms with Crippen molar-refractivity contribution in [1.82, 2.24) is 29.9 Å². The monoisotopic (exact) mass is 457 g/mol. The number of ether oxygens (including phenoxy) is 1. The van der Waals surface area contributed by atoms with Crippen molar-refractivity contribution >= 4 is 28.0 Å². The number of hydrogen-bond donors (Lipinski definition) is 3. The summed E-state index contributed by atoms with van der Waals surface area (Å²) in [5.74, 6) is 0.856. The number of aromatic amines is 1. The Hall–Kier alpha value is -3.34. The van der Waals surface area contributed by atoms with Crippen molar-refractivity contribution in [2.45, 2.75) is 57.2 Å². The fourth-order valence-electron chi connectivity index (χ4n) is 4.40. The Morgan fingerprint density at radius 1 is 1.30 bits per heavy atom. The largest absolute Gasteiger partial charge is 0.480 e. The first kappa shape index (κ1) is 21.5. The van der Waals surface area contributed by atoms with Crippen LogP contribution in [0, 0.1) is 0 Å². The molecule has 1 aromatic carbocycles. The predicted molar refractivity (Wildman–Crippen MR) is 119 cm³/mol. The lowest BCUT2D eigenvalue weighted by Crippen LogP contribution is -2.36. The van der Waals surface area contributed by atoms with Crippen LogP contribution in [0.4, 0.5) is 14.7 Å². The van der Waals surface area contributed by atoms with Gasteiger partial charge in [-0.1, -0.05) is 11.3 Å². The Kier molecular flexibility index (Phi) is 5.35. The molecule has 11 heteroatoms. The second kappa shape index (κ2) is 8.22. The van der Waals surface area contributed by atoms with E-state index in [0.29, 0.717) is 33.9 Å². The van der Waals surface area contributed by atoms with Crippen LogP contribution in [-0.2, 0) is 6.54 Å². The molecule has 1 saturated carbocycles. The highest BCUT2D eigenvalue weighted by molar-refractivity contribution is 5.99. The summed E-state index contributed by atoms with van der Waals surface area (Å²) < 4.78 is 32.6. The van der Waals surface area contributed by atoms with Gasteiger partial charge in [0.2, 0.25) is 11.8 Å². The van der Waals surface area contributed by atoms with E-state index in [0.717, 1.165) is 36.8 Å². The Balaban J connectivity index is 1.49. The van der Waals surface area contributed by atoms with Gasteiger partial charge < -0.3 is 20.1 Å². The smallest absolute Gasteiger partial charge is 0.258 e. The number of rotatable bonds is 6. The lowest BCUT2D eigenvalue weighted by molar-refractivity contribution is 0.0195. The maximum Gasteiger partial charge on any atom is 0.258 e. The van der Waals surface area contributed by atoms with E-state index in [1.54, 1.807) is 25.4 Å². The first-order valence-electron chi connectivity index (χ1n) is 10.9. The molecule has 3 heterocycles. The molecule has 33 heavy (non-hydrogen) atoms. The molecule has 0 amide bonds. The average Bonchev–Trinajstić information content (AvgIpc) is 3.38. The molecule has 0 radical (unpaired) electrons. The van der Waals surface area contributed by atoms with Crippen LogP contribution in [0.1, 0.15) is 32.6 Å².